The Bertz CT molecular complexity index is 657. The van der Waals surface area contributed by atoms with Crippen molar-refractivity contribution in [1.29, 1.82) is 0 Å². The predicted octanol–water partition coefficient (Wildman–Crippen LogP) is 1.30. The highest BCUT2D eigenvalue weighted by molar-refractivity contribution is 7.92. The van der Waals surface area contributed by atoms with Crippen LogP contribution in [-0.2, 0) is 14.6 Å². The number of hydrogen-bond donors (Lipinski definition) is 1. The smallest absolute Gasteiger partial charge is 0.224 e. The maximum atomic E-state index is 12.7. The molecule has 1 unspecified atom stereocenters. The fourth-order valence-corrected chi connectivity index (χ4v) is 5.51. The summed E-state index contributed by atoms with van der Waals surface area (Å²) in [5.74, 6) is -0.105. The molecule has 1 saturated carbocycles. The van der Waals surface area contributed by atoms with Crippen LogP contribution < -0.4 is 5.32 Å². The molecule has 132 valence electrons. The number of pyridine rings is 1. The van der Waals surface area contributed by atoms with Crippen LogP contribution in [0.3, 0.4) is 0 Å². The van der Waals surface area contributed by atoms with Gasteiger partial charge in [-0.25, -0.2) is 8.42 Å². The summed E-state index contributed by atoms with van der Waals surface area (Å²) in [5.41, 5.74) is 0.983. The fraction of sp³-hybridized carbons (Fsp3) is 0.647. The molecule has 0 aromatic carbocycles. The van der Waals surface area contributed by atoms with E-state index in [1.807, 2.05) is 12.1 Å². The Balaban J connectivity index is 1.64. The normalized spacial score (nSPS) is 22.7. The van der Waals surface area contributed by atoms with E-state index >= 15 is 0 Å². The molecule has 1 amide bonds. The van der Waals surface area contributed by atoms with Gasteiger partial charge in [-0.05, 0) is 24.5 Å². The SMILES string of the molecule is O=C(CCS(=O)(=O)C1CCCC1)N1CCNCC1c1cccnc1. The number of amides is 1. The summed E-state index contributed by atoms with van der Waals surface area (Å²) in [7, 11) is -3.15. The molecule has 24 heavy (non-hydrogen) atoms. The summed E-state index contributed by atoms with van der Waals surface area (Å²) in [4.78, 5) is 18.6. The number of piperazine rings is 1. The average Bonchev–Trinajstić information content (AvgIpc) is 3.16. The van der Waals surface area contributed by atoms with Crippen molar-refractivity contribution in [3.63, 3.8) is 0 Å². The molecule has 1 atom stereocenters. The number of sulfone groups is 1. The number of aromatic nitrogens is 1. The van der Waals surface area contributed by atoms with Gasteiger partial charge in [0.2, 0.25) is 5.91 Å². The Hall–Kier alpha value is -1.47. The number of nitrogens with zero attached hydrogens (tertiary/aromatic N) is 2. The summed E-state index contributed by atoms with van der Waals surface area (Å²) in [6, 6.07) is 3.74. The Morgan fingerprint density at radius 3 is 2.83 bits per heavy atom. The largest absolute Gasteiger partial charge is 0.333 e. The zero-order valence-electron chi connectivity index (χ0n) is 13.9. The Morgan fingerprint density at radius 1 is 1.33 bits per heavy atom. The molecule has 0 bridgehead atoms. The van der Waals surface area contributed by atoms with Crippen molar-refractivity contribution >= 4 is 15.7 Å². The van der Waals surface area contributed by atoms with Crippen LogP contribution in [0.4, 0.5) is 0 Å². The highest BCUT2D eigenvalue weighted by Gasteiger charge is 2.32. The number of nitrogens with one attached hydrogen (secondary N) is 1. The van der Waals surface area contributed by atoms with Crippen molar-refractivity contribution in [3.8, 4) is 0 Å². The third kappa shape index (κ3) is 3.95. The van der Waals surface area contributed by atoms with E-state index in [9.17, 15) is 13.2 Å². The lowest BCUT2D eigenvalue weighted by Gasteiger charge is -2.36. The molecule has 2 aliphatic rings. The van der Waals surface area contributed by atoms with Gasteiger partial charge in [0.25, 0.3) is 0 Å². The van der Waals surface area contributed by atoms with Crippen LogP contribution >= 0.6 is 0 Å². The van der Waals surface area contributed by atoms with Crippen LogP contribution in [0, 0.1) is 0 Å². The second kappa shape index (κ2) is 7.61. The van der Waals surface area contributed by atoms with Crippen LogP contribution in [0.1, 0.15) is 43.7 Å². The monoisotopic (exact) mass is 351 g/mol. The maximum absolute atomic E-state index is 12.7. The molecule has 1 aromatic heterocycles. The van der Waals surface area contributed by atoms with E-state index in [-0.39, 0.29) is 29.4 Å². The van der Waals surface area contributed by atoms with E-state index in [4.69, 9.17) is 0 Å². The summed E-state index contributed by atoms with van der Waals surface area (Å²) < 4.78 is 24.8. The van der Waals surface area contributed by atoms with Gasteiger partial charge < -0.3 is 10.2 Å². The molecular weight excluding hydrogens is 326 g/mol. The molecule has 1 saturated heterocycles. The van der Waals surface area contributed by atoms with Gasteiger partial charge in [0.1, 0.15) is 0 Å². The minimum absolute atomic E-state index is 0.0276. The molecule has 3 rings (SSSR count). The van der Waals surface area contributed by atoms with Gasteiger partial charge in [-0.1, -0.05) is 18.9 Å². The number of carbonyl (C=O) groups is 1. The summed E-state index contributed by atoms with van der Waals surface area (Å²) in [6.07, 6.45) is 7.03. The van der Waals surface area contributed by atoms with Crippen molar-refractivity contribution < 1.29 is 13.2 Å². The van der Waals surface area contributed by atoms with Gasteiger partial charge in [-0.2, -0.15) is 0 Å². The molecule has 0 radical (unpaired) electrons. The van der Waals surface area contributed by atoms with Crippen LogP contribution in [0.15, 0.2) is 24.5 Å². The van der Waals surface area contributed by atoms with Crippen molar-refractivity contribution in [1.82, 2.24) is 15.2 Å². The summed E-state index contributed by atoms with van der Waals surface area (Å²) in [6.45, 7) is 2.01. The van der Waals surface area contributed by atoms with Crippen molar-refractivity contribution in [2.75, 3.05) is 25.4 Å². The molecular formula is C17H25N3O3S. The van der Waals surface area contributed by atoms with Gasteiger partial charge in [-0.3, -0.25) is 9.78 Å². The van der Waals surface area contributed by atoms with Crippen LogP contribution in [0.25, 0.3) is 0 Å². The van der Waals surface area contributed by atoms with Crippen molar-refractivity contribution in [3.05, 3.63) is 30.1 Å². The van der Waals surface area contributed by atoms with Gasteiger partial charge in [0.15, 0.2) is 9.84 Å². The topological polar surface area (TPSA) is 79.4 Å². The van der Waals surface area contributed by atoms with Crippen molar-refractivity contribution in [2.24, 2.45) is 0 Å². The molecule has 2 fully saturated rings. The van der Waals surface area contributed by atoms with E-state index in [0.29, 0.717) is 13.1 Å². The highest BCUT2D eigenvalue weighted by Crippen LogP contribution is 2.26. The Labute approximate surface area is 143 Å². The minimum atomic E-state index is -3.15. The zero-order chi connectivity index (χ0) is 17.0. The number of rotatable bonds is 5. The number of carbonyl (C=O) groups excluding carboxylic acids is 1. The Morgan fingerprint density at radius 2 is 2.12 bits per heavy atom. The Kier molecular flexibility index (Phi) is 5.50. The molecule has 2 heterocycles. The third-order valence-corrected chi connectivity index (χ3v) is 7.30. The fourth-order valence-electron chi connectivity index (χ4n) is 3.66. The predicted molar refractivity (Wildman–Crippen MR) is 92.2 cm³/mol. The van der Waals surface area contributed by atoms with Crippen molar-refractivity contribution in [2.45, 2.75) is 43.4 Å². The van der Waals surface area contributed by atoms with E-state index in [1.54, 1.807) is 17.3 Å². The first-order valence-electron chi connectivity index (χ1n) is 8.69. The first-order valence-corrected chi connectivity index (χ1v) is 10.4. The molecule has 0 spiro atoms. The molecule has 1 aliphatic carbocycles. The lowest BCUT2D eigenvalue weighted by atomic mass is 10.1. The van der Waals surface area contributed by atoms with Gasteiger partial charge >= 0.3 is 0 Å². The minimum Gasteiger partial charge on any atom is -0.333 e. The van der Waals surface area contributed by atoms with E-state index in [2.05, 4.69) is 10.3 Å². The van der Waals surface area contributed by atoms with Crippen LogP contribution in [0.2, 0.25) is 0 Å². The number of hydrogen-bond acceptors (Lipinski definition) is 5. The standard InChI is InChI=1S/C17H25N3O3S/c21-17(7-11-24(22,23)15-5-1-2-6-15)20-10-9-19-13-16(20)14-4-3-8-18-12-14/h3-4,8,12,15-16,19H,1-2,5-7,9-11,13H2. The molecule has 6 nitrogen and oxygen atoms in total. The first-order chi connectivity index (χ1) is 11.6. The highest BCUT2D eigenvalue weighted by atomic mass is 32.2. The quantitative estimate of drug-likeness (QED) is 0.865. The van der Waals surface area contributed by atoms with E-state index in [0.717, 1.165) is 37.8 Å². The molecule has 7 heteroatoms. The van der Waals surface area contributed by atoms with E-state index in [1.165, 1.54) is 0 Å². The summed E-state index contributed by atoms with van der Waals surface area (Å²) in [5, 5.41) is 3.06. The maximum Gasteiger partial charge on any atom is 0.224 e. The van der Waals surface area contributed by atoms with E-state index < -0.39 is 9.84 Å². The second-order valence-corrected chi connectivity index (χ2v) is 9.02. The second-order valence-electron chi connectivity index (χ2n) is 6.62. The first kappa shape index (κ1) is 17.4. The van der Waals surface area contributed by atoms with Gasteiger partial charge in [0, 0.05) is 38.4 Å². The average molecular weight is 351 g/mol. The van der Waals surface area contributed by atoms with Crippen LogP contribution in [-0.4, -0.2) is 54.8 Å². The molecule has 1 N–H and O–H groups in total. The lowest BCUT2D eigenvalue weighted by molar-refractivity contribution is -0.134. The third-order valence-electron chi connectivity index (χ3n) is 5.04. The molecule has 1 aromatic rings. The molecule has 1 aliphatic heterocycles. The van der Waals surface area contributed by atoms with Crippen LogP contribution in [0.5, 0.6) is 0 Å². The zero-order valence-corrected chi connectivity index (χ0v) is 14.7. The van der Waals surface area contributed by atoms with Gasteiger partial charge in [-0.15, -0.1) is 0 Å². The van der Waals surface area contributed by atoms with Gasteiger partial charge in [0.05, 0.1) is 17.0 Å². The lowest BCUT2D eigenvalue weighted by Crippen LogP contribution is -2.49. The summed E-state index contributed by atoms with van der Waals surface area (Å²) >= 11 is 0.